The second-order valence-electron chi connectivity index (χ2n) is 4.04. The van der Waals surface area contributed by atoms with Gasteiger partial charge < -0.3 is 10.2 Å². The van der Waals surface area contributed by atoms with Gasteiger partial charge in [0.2, 0.25) is 5.91 Å². The summed E-state index contributed by atoms with van der Waals surface area (Å²) in [6.07, 6.45) is 0. The van der Waals surface area contributed by atoms with E-state index in [4.69, 9.17) is 0 Å². The Balaban J connectivity index is 2.93. The van der Waals surface area contributed by atoms with Gasteiger partial charge in [0.25, 0.3) is 11.6 Å². The number of nitro benzene ring substituents is 1. The number of carbonyl (C=O) groups is 2. The minimum atomic E-state index is -0.559. The van der Waals surface area contributed by atoms with Crippen LogP contribution in [0.25, 0.3) is 0 Å². The molecule has 108 valence electrons. The van der Waals surface area contributed by atoms with E-state index in [2.05, 4.69) is 5.32 Å². The summed E-state index contributed by atoms with van der Waals surface area (Å²) in [5, 5.41) is 13.3. The summed E-state index contributed by atoms with van der Waals surface area (Å²) in [6.45, 7) is 2.17. The lowest BCUT2D eigenvalue weighted by atomic mass is 10.2. The fourth-order valence-electron chi connectivity index (χ4n) is 1.54. The Bertz CT molecular complexity index is 548. The Kier molecular flexibility index (Phi) is 5.86. The van der Waals surface area contributed by atoms with Gasteiger partial charge in [-0.05, 0) is 35.6 Å². The molecule has 8 heteroatoms. The van der Waals surface area contributed by atoms with Gasteiger partial charge in [0.15, 0.2) is 0 Å². The standard InChI is InChI=1S/C12H14IN3O4/c1-3-14-11(17)7-15(2)12(18)9-6-8(16(19)20)4-5-10(9)13/h4-6H,3,7H2,1-2H3,(H,14,17). The van der Waals surface area contributed by atoms with Gasteiger partial charge in [0.05, 0.1) is 17.0 Å². The first kappa shape index (κ1) is 16.3. The van der Waals surface area contributed by atoms with E-state index in [-0.39, 0.29) is 23.7 Å². The molecule has 0 radical (unpaired) electrons. The Hall–Kier alpha value is -1.71. The summed E-state index contributed by atoms with van der Waals surface area (Å²) in [5.74, 6) is -0.701. The van der Waals surface area contributed by atoms with Gasteiger partial charge in [-0.1, -0.05) is 0 Å². The fourth-order valence-corrected chi connectivity index (χ4v) is 2.10. The second-order valence-corrected chi connectivity index (χ2v) is 5.20. The van der Waals surface area contributed by atoms with Crippen LogP contribution in [-0.2, 0) is 4.79 Å². The van der Waals surface area contributed by atoms with Crippen LogP contribution in [0.4, 0.5) is 5.69 Å². The molecule has 1 aromatic carbocycles. The van der Waals surface area contributed by atoms with Gasteiger partial charge in [-0.3, -0.25) is 19.7 Å². The molecule has 20 heavy (non-hydrogen) atoms. The fraction of sp³-hybridized carbons (Fsp3) is 0.333. The number of rotatable bonds is 5. The lowest BCUT2D eigenvalue weighted by Crippen LogP contribution is -2.38. The normalized spacial score (nSPS) is 9.95. The van der Waals surface area contributed by atoms with E-state index < -0.39 is 10.8 Å². The number of likely N-dealkylation sites (N-methyl/N-ethyl adjacent to an activating group) is 2. The molecule has 0 heterocycles. The highest BCUT2D eigenvalue weighted by Gasteiger charge is 2.20. The Labute approximate surface area is 129 Å². The van der Waals surface area contributed by atoms with Gasteiger partial charge in [-0.2, -0.15) is 0 Å². The minimum absolute atomic E-state index is 0.0918. The molecule has 0 saturated carbocycles. The highest BCUT2D eigenvalue weighted by Crippen LogP contribution is 2.20. The molecular weight excluding hydrogens is 377 g/mol. The quantitative estimate of drug-likeness (QED) is 0.467. The predicted octanol–water partition coefficient (Wildman–Crippen LogP) is 1.41. The molecule has 0 aromatic heterocycles. The molecule has 0 aliphatic carbocycles. The van der Waals surface area contributed by atoms with Crippen molar-refractivity contribution in [2.24, 2.45) is 0 Å². The van der Waals surface area contributed by atoms with Crippen molar-refractivity contribution in [2.45, 2.75) is 6.92 Å². The van der Waals surface area contributed by atoms with Crippen molar-refractivity contribution in [3.63, 3.8) is 0 Å². The molecule has 0 spiro atoms. The van der Waals surface area contributed by atoms with E-state index >= 15 is 0 Å². The lowest BCUT2D eigenvalue weighted by molar-refractivity contribution is -0.384. The molecule has 0 unspecified atom stereocenters. The van der Waals surface area contributed by atoms with Crippen LogP contribution in [0.5, 0.6) is 0 Å². The average Bonchev–Trinajstić information content (AvgIpc) is 2.38. The van der Waals surface area contributed by atoms with Crippen LogP contribution in [0.15, 0.2) is 18.2 Å². The van der Waals surface area contributed by atoms with Crippen molar-refractivity contribution in [3.05, 3.63) is 37.4 Å². The zero-order valence-corrected chi connectivity index (χ0v) is 13.2. The summed E-state index contributed by atoms with van der Waals surface area (Å²) in [7, 11) is 1.48. The largest absolute Gasteiger partial charge is 0.355 e. The van der Waals surface area contributed by atoms with E-state index in [0.717, 1.165) is 0 Å². The first-order valence-corrected chi connectivity index (χ1v) is 6.90. The number of hydrogen-bond donors (Lipinski definition) is 1. The Morgan fingerprint density at radius 3 is 2.65 bits per heavy atom. The van der Waals surface area contributed by atoms with Crippen molar-refractivity contribution >= 4 is 40.1 Å². The molecular formula is C12H14IN3O4. The van der Waals surface area contributed by atoms with Crippen LogP contribution in [0.2, 0.25) is 0 Å². The van der Waals surface area contributed by atoms with E-state index in [1.807, 2.05) is 22.6 Å². The maximum Gasteiger partial charge on any atom is 0.270 e. The van der Waals surface area contributed by atoms with Crippen molar-refractivity contribution in [3.8, 4) is 0 Å². The van der Waals surface area contributed by atoms with Gasteiger partial charge in [-0.15, -0.1) is 0 Å². The number of nitro groups is 1. The van der Waals surface area contributed by atoms with Crippen LogP contribution in [-0.4, -0.2) is 41.8 Å². The first-order chi connectivity index (χ1) is 9.36. The molecule has 0 fully saturated rings. The zero-order chi connectivity index (χ0) is 15.3. The van der Waals surface area contributed by atoms with E-state index in [1.54, 1.807) is 6.92 Å². The summed E-state index contributed by atoms with van der Waals surface area (Å²) < 4.78 is 0.598. The Morgan fingerprint density at radius 1 is 1.45 bits per heavy atom. The van der Waals surface area contributed by atoms with E-state index in [1.165, 1.54) is 30.1 Å². The molecule has 0 aliphatic heterocycles. The molecule has 1 aromatic rings. The molecule has 0 bridgehead atoms. The molecule has 2 amide bonds. The summed E-state index contributed by atoms with van der Waals surface area (Å²) >= 11 is 1.93. The lowest BCUT2D eigenvalue weighted by Gasteiger charge is -2.17. The highest BCUT2D eigenvalue weighted by atomic mass is 127. The summed E-state index contributed by atoms with van der Waals surface area (Å²) in [6, 6.07) is 4.06. The van der Waals surface area contributed by atoms with Crippen molar-refractivity contribution < 1.29 is 14.5 Å². The smallest absolute Gasteiger partial charge is 0.270 e. The number of non-ortho nitro benzene ring substituents is 1. The van der Waals surface area contributed by atoms with E-state index in [9.17, 15) is 19.7 Å². The van der Waals surface area contributed by atoms with Crippen molar-refractivity contribution in [2.75, 3.05) is 20.1 Å². The van der Waals surface area contributed by atoms with Crippen LogP contribution in [0, 0.1) is 13.7 Å². The van der Waals surface area contributed by atoms with E-state index in [0.29, 0.717) is 10.1 Å². The maximum atomic E-state index is 12.2. The van der Waals surface area contributed by atoms with Crippen LogP contribution >= 0.6 is 22.6 Å². The molecule has 0 aliphatic rings. The van der Waals surface area contributed by atoms with Gasteiger partial charge in [0, 0.05) is 29.3 Å². The van der Waals surface area contributed by atoms with Crippen LogP contribution in [0.1, 0.15) is 17.3 Å². The number of amides is 2. The number of halogens is 1. The topological polar surface area (TPSA) is 92.6 Å². The third-order valence-corrected chi connectivity index (χ3v) is 3.43. The van der Waals surface area contributed by atoms with Crippen molar-refractivity contribution in [1.29, 1.82) is 0 Å². The number of carbonyl (C=O) groups excluding carboxylic acids is 2. The molecule has 1 N–H and O–H groups in total. The second kappa shape index (κ2) is 7.17. The van der Waals surface area contributed by atoms with Gasteiger partial charge in [0.1, 0.15) is 0 Å². The van der Waals surface area contributed by atoms with Crippen molar-refractivity contribution in [1.82, 2.24) is 10.2 Å². The van der Waals surface area contributed by atoms with Crippen LogP contribution in [0.3, 0.4) is 0 Å². The van der Waals surface area contributed by atoms with Gasteiger partial charge >= 0.3 is 0 Å². The molecule has 0 saturated heterocycles. The molecule has 0 atom stereocenters. The summed E-state index contributed by atoms with van der Waals surface area (Å²) in [4.78, 5) is 35.0. The van der Waals surface area contributed by atoms with Gasteiger partial charge in [-0.25, -0.2) is 0 Å². The average molecular weight is 391 g/mol. The first-order valence-electron chi connectivity index (χ1n) is 5.83. The number of benzene rings is 1. The predicted molar refractivity (Wildman–Crippen MR) is 81.5 cm³/mol. The maximum absolute atomic E-state index is 12.2. The Morgan fingerprint density at radius 2 is 2.10 bits per heavy atom. The SMILES string of the molecule is CCNC(=O)CN(C)C(=O)c1cc([N+](=O)[O-])ccc1I. The summed E-state index contributed by atoms with van der Waals surface area (Å²) in [5.41, 5.74) is 0.0618. The zero-order valence-electron chi connectivity index (χ0n) is 11.1. The number of nitrogens with zero attached hydrogens (tertiary/aromatic N) is 2. The van der Waals surface area contributed by atoms with Crippen LogP contribution < -0.4 is 5.32 Å². The number of nitrogens with one attached hydrogen (secondary N) is 1. The minimum Gasteiger partial charge on any atom is -0.355 e. The highest BCUT2D eigenvalue weighted by molar-refractivity contribution is 14.1. The molecule has 1 rings (SSSR count). The monoisotopic (exact) mass is 391 g/mol. The molecule has 7 nitrogen and oxygen atoms in total. The third kappa shape index (κ3) is 4.15. The number of hydrogen-bond acceptors (Lipinski definition) is 4. The third-order valence-electron chi connectivity index (χ3n) is 2.49.